The smallest absolute Gasteiger partial charge is 0.253 e. The van der Waals surface area contributed by atoms with Gasteiger partial charge in [0.15, 0.2) is 5.78 Å². The van der Waals surface area contributed by atoms with E-state index >= 15 is 0 Å². The summed E-state index contributed by atoms with van der Waals surface area (Å²) in [5.74, 6) is 1.76. The van der Waals surface area contributed by atoms with E-state index in [-0.39, 0.29) is 11.7 Å². The molecule has 0 spiro atoms. The molecule has 1 unspecified atom stereocenters. The van der Waals surface area contributed by atoms with Crippen LogP contribution >= 0.6 is 23.4 Å². The SMILES string of the molecule is CCCSc1nc2nc3c(cn2n1)C(=O)CC(c1ccc(Cl)cc1)C3. The van der Waals surface area contributed by atoms with Gasteiger partial charge in [0.05, 0.1) is 11.3 Å². The lowest BCUT2D eigenvalue weighted by atomic mass is 9.82. The Labute approximate surface area is 154 Å². The van der Waals surface area contributed by atoms with Crippen molar-refractivity contribution in [2.45, 2.75) is 37.3 Å². The molecule has 1 aliphatic carbocycles. The highest BCUT2D eigenvalue weighted by Gasteiger charge is 2.28. The van der Waals surface area contributed by atoms with Crippen LogP contribution in [0.4, 0.5) is 0 Å². The van der Waals surface area contributed by atoms with E-state index in [2.05, 4.69) is 22.0 Å². The fraction of sp³-hybridized carbons (Fsp3) is 0.333. The Kier molecular flexibility index (Phi) is 4.48. The molecule has 3 aromatic rings. The van der Waals surface area contributed by atoms with Gasteiger partial charge < -0.3 is 0 Å². The van der Waals surface area contributed by atoms with Crippen LogP contribution in [-0.2, 0) is 6.42 Å². The van der Waals surface area contributed by atoms with Crippen molar-refractivity contribution in [3.63, 3.8) is 0 Å². The van der Waals surface area contributed by atoms with Crippen molar-refractivity contribution < 1.29 is 4.79 Å². The van der Waals surface area contributed by atoms with Gasteiger partial charge in [-0.25, -0.2) is 9.50 Å². The molecule has 0 radical (unpaired) electrons. The quantitative estimate of drug-likeness (QED) is 0.642. The van der Waals surface area contributed by atoms with Crippen LogP contribution in [0.25, 0.3) is 5.78 Å². The molecule has 0 saturated heterocycles. The lowest BCUT2D eigenvalue weighted by Gasteiger charge is -2.23. The zero-order valence-electron chi connectivity index (χ0n) is 13.8. The summed E-state index contributed by atoms with van der Waals surface area (Å²) in [5, 5.41) is 5.83. The minimum absolute atomic E-state index is 0.105. The number of hydrogen-bond acceptors (Lipinski definition) is 5. The molecule has 0 fully saturated rings. The first kappa shape index (κ1) is 16.5. The summed E-state index contributed by atoms with van der Waals surface area (Å²) in [6.07, 6.45) is 4.05. The molecule has 7 heteroatoms. The van der Waals surface area contributed by atoms with Gasteiger partial charge in [0.25, 0.3) is 5.78 Å². The molecule has 1 aliphatic rings. The lowest BCUT2D eigenvalue weighted by molar-refractivity contribution is 0.0962. The van der Waals surface area contributed by atoms with Gasteiger partial charge in [0.1, 0.15) is 0 Å². The fourth-order valence-corrected chi connectivity index (χ4v) is 3.89. The predicted molar refractivity (Wildman–Crippen MR) is 98.6 cm³/mol. The van der Waals surface area contributed by atoms with E-state index in [4.69, 9.17) is 11.6 Å². The van der Waals surface area contributed by atoms with Crippen LogP contribution in [0.3, 0.4) is 0 Å². The number of rotatable bonds is 4. The van der Waals surface area contributed by atoms with Crippen molar-refractivity contribution in [2.75, 3.05) is 5.75 Å². The molecule has 25 heavy (non-hydrogen) atoms. The molecule has 1 aromatic carbocycles. The van der Waals surface area contributed by atoms with Gasteiger partial charge in [-0.15, -0.1) is 5.10 Å². The molecule has 128 valence electrons. The summed E-state index contributed by atoms with van der Waals surface area (Å²) < 4.78 is 1.62. The van der Waals surface area contributed by atoms with E-state index in [0.29, 0.717) is 27.9 Å². The Morgan fingerprint density at radius 2 is 2.04 bits per heavy atom. The Bertz CT molecular complexity index is 938. The fourth-order valence-electron chi connectivity index (χ4n) is 3.09. The van der Waals surface area contributed by atoms with Gasteiger partial charge in [-0.1, -0.05) is 42.4 Å². The number of halogens is 1. The van der Waals surface area contributed by atoms with Crippen LogP contribution in [0.1, 0.15) is 47.3 Å². The highest BCUT2D eigenvalue weighted by Crippen LogP contribution is 2.32. The van der Waals surface area contributed by atoms with Crippen molar-refractivity contribution in [1.82, 2.24) is 19.6 Å². The molecule has 2 heterocycles. The summed E-state index contributed by atoms with van der Waals surface area (Å²) in [6, 6.07) is 7.70. The third-order valence-corrected chi connectivity index (χ3v) is 5.64. The van der Waals surface area contributed by atoms with E-state index in [0.717, 1.165) is 29.9 Å². The summed E-state index contributed by atoms with van der Waals surface area (Å²) >= 11 is 7.57. The summed E-state index contributed by atoms with van der Waals surface area (Å²) in [7, 11) is 0. The van der Waals surface area contributed by atoms with Crippen molar-refractivity contribution in [3.05, 3.63) is 52.3 Å². The average Bonchev–Trinajstić information content (AvgIpc) is 3.00. The largest absolute Gasteiger partial charge is 0.294 e. The van der Waals surface area contributed by atoms with Crippen molar-refractivity contribution in [3.8, 4) is 0 Å². The van der Waals surface area contributed by atoms with Crippen molar-refractivity contribution >= 4 is 34.9 Å². The minimum atomic E-state index is 0.105. The monoisotopic (exact) mass is 372 g/mol. The maximum absolute atomic E-state index is 12.6. The van der Waals surface area contributed by atoms with E-state index in [1.165, 1.54) is 0 Å². The van der Waals surface area contributed by atoms with Crippen LogP contribution < -0.4 is 0 Å². The Hall–Kier alpha value is -1.92. The van der Waals surface area contributed by atoms with Gasteiger partial charge >= 0.3 is 0 Å². The third kappa shape index (κ3) is 3.28. The zero-order valence-corrected chi connectivity index (χ0v) is 15.3. The van der Waals surface area contributed by atoms with Crippen LogP contribution in [0.15, 0.2) is 35.6 Å². The number of carbonyl (C=O) groups is 1. The van der Waals surface area contributed by atoms with E-state index in [1.807, 2.05) is 24.3 Å². The van der Waals surface area contributed by atoms with Gasteiger partial charge in [-0.2, -0.15) is 4.98 Å². The number of nitrogens with zero attached hydrogens (tertiary/aromatic N) is 4. The molecule has 0 N–H and O–H groups in total. The standard InChI is InChI=1S/C18H17ClN4OS/c1-2-7-25-18-21-17-20-15-8-12(11-3-5-13(19)6-4-11)9-16(24)14(15)10-23(17)22-18/h3-6,10,12H,2,7-9H2,1H3. The van der Waals surface area contributed by atoms with Gasteiger partial charge in [-0.05, 0) is 36.5 Å². The Morgan fingerprint density at radius 1 is 1.24 bits per heavy atom. The second-order valence-electron chi connectivity index (χ2n) is 6.17. The van der Waals surface area contributed by atoms with Crippen LogP contribution in [0.2, 0.25) is 5.02 Å². The molecule has 0 saturated carbocycles. The maximum Gasteiger partial charge on any atom is 0.253 e. The second kappa shape index (κ2) is 6.77. The van der Waals surface area contributed by atoms with E-state index in [1.54, 1.807) is 22.5 Å². The zero-order chi connectivity index (χ0) is 17.4. The highest BCUT2D eigenvalue weighted by atomic mass is 35.5. The number of benzene rings is 1. The molecule has 5 nitrogen and oxygen atoms in total. The normalized spacial score (nSPS) is 17.0. The molecular weight excluding hydrogens is 356 g/mol. The number of aromatic nitrogens is 4. The van der Waals surface area contributed by atoms with Gasteiger partial charge in [-0.3, -0.25) is 4.79 Å². The first-order valence-corrected chi connectivity index (χ1v) is 9.68. The second-order valence-corrected chi connectivity index (χ2v) is 7.67. The third-order valence-electron chi connectivity index (χ3n) is 4.34. The molecule has 2 aromatic heterocycles. The topological polar surface area (TPSA) is 60.1 Å². The lowest BCUT2D eigenvalue weighted by Crippen LogP contribution is -2.21. The van der Waals surface area contributed by atoms with E-state index < -0.39 is 0 Å². The summed E-state index contributed by atoms with van der Waals surface area (Å²) in [4.78, 5) is 21.7. The van der Waals surface area contributed by atoms with Crippen LogP contribution in [0, 0.1) is 0 Å². The van der Waals surface area contributed by atoms with Gasteiger partial charge in [0, 0.05) is 23.4 Å². The molecule has 0 aliphatic heterocycles. The van der Waals surface area contributed by atoms with Gasteiger partial charge in [0.2, 0.25) is 5.16 Å². The maximum atomic E-state index is 12.6. The summed E-state index contributed by atoms with van der Waals surface area (Å²) in [6.45, 7) is 2.12. The summed E-state index contributed by atoms with van der Waals surface area (Å²) in [5.41, 5.74) is 2.59. The Balaban J connectivity index is 1.67. The molecule has 4 rings (SSSR count). The number of fused-ring (bicyclic) bond motifs is 2. The number of Topliss-reactive ketones (excluding diaryl/α,β-unsaturated/α-hetero) is 1. The average molecular weight is 373 g/mol. The molecule has 0 amide bonds. The van der Waals surface area contributed by atoms with Crippen molar-refractivity contribution in [1.29, 1.82) is 0 Å². The highest BCUT2D eigenvalue weighted by molar-refractivity contribution is 7.99. The number of carbonyl (C=O) groups excluding carboxylic acids is 1. The first-order chi connectivity index (χ1) is 12.1. The van der Waals surface area contributed by atoms with Crippen LogP contribution in [-0.4, -0.2) is 31.1 Å². The Morgan fingerprint density at radius 3 is 2.80 bits per heavy atom. The number of thioether (sulfide) groups is 1. The minimum Gasteiger partial charge on any atom is -0.294 e. The predicted octanol–water partition coefficient (Wildman–Crippen LogP) is 4.19. The first-order valence-electron chi connectivity index (χ1n) is 8.32. The van der Waals surface area contributed by atoms with E-state index in [9.17, 15) is 4.79 Å². The number of hydrogen-bond donors (Lipinski definition) is 0. The molecule has 0 bridgehead atoms. The van der Waals surface area contributed by atoms with Crippen molar-refractivity contribution in [2.24, 2.45) is 0 Å². The van der Waals surface area contributed by atoms with Crippen LogP contribution in [0.5, 0.6) is 0 Å². The number of ketones is 1. The molecular formula is C18H17ClN4OS. The molecule has 1 atom stereocenters.